The van der Waals surface area contributed by atoms with Gasteiger partial charge in [-0.1, -0.05) is 18.2 Å². The number of fused-ring (bicyclic) bond motifs is 2. The molecule has 1 aromatic carbocycles. The van der Waals surface area contributed by atoms with Crippen molar-refractivity contribution >= 4 is 9.84 Å². The van der Waals surface area contributed by atoms with Crippen LogP contribution in [0.15, 0.2) is 29.2 Å². The van der Waals surface area contributed by atoms with Gasteiger partial charge in [0.05, 0.1) is 10.6 Å². The Morgan fingerprint density at radius 2 is 2.00 bits per heavy atom. The quantitative estimate of drug-likeness (QED) is 0.904. The van der Waals surface area contributed by atoms with Gasteiger partial charge in [0.1, 0.15) is 0 Å². The fourth-order valence-corrected chi connectivity index (χ4v) is 6.00. The van der Waals surface area contributed by atoms with Crippen LogP contribution < -0.4 is 5.32 Å². The van der Waals surface area contributed by atoms with Crippen molar-refractivity contribution < 1.29 is 8.42 Å². The molecule has 0 saturated carbocycles. The zero-order valence-electron chi connectivity index (χ0n) is 12.2. The van der Waals surface area contributed by atoms with Crippen LogP contribution in [0, 0.1) is 0 Å². The van der Waals surface area contributed by atoms with Crippen LogP contribution in [-0.2, 0) is 9.84 Å². The van der Waals surface area contributed by atoms with Gasteiger partial charge in [0.15, 0.2) is 9.84 Å². The zero-order chi connectivity index (χ0) is 14.4. The van der Waals surface area contributed by atoms with E-state index in [1.54, 1.807) is 6.07 Å². The highest BCUT2D eigenvalue weighted by atomic mass is 32.2. The van der Waals surface area contributed by atoms with E-state index < -0.39 is 9.84 Å². The average Bonchev–Trinajstić information content (AvgIpc) is 3.02. The Kier molecular flexibility index (Phi) is 3.32. The van der Waals surface area contributed by atoms with Crippen molar-refractivity contribution in [3.8, 4) is 0 Å². The number of rotatable bonds is 2. The number of nitrogens with one attached hydrogen (secondary N) is 1. The second-order valence-corrected chi connectivity index (χ2v) is 8.59. The molecule has 3 heterocycles. The van der Waals surface area contributed by atoms with Crippen molar-refractivity contribution in [3.05, 3.63) is 29.8 Å². The molecule has 5 heteroatoms. The van der Waals surface area contributed by atoms with Crippen LogP contribution in [-0.4, -0.2) is 44.2 Å². The highest BCUT2D eigenvalue weighted by Crippen LogP contribution is 2.35. The first kappa shape index (κ1) is 13.7. The summed E-state index contributed by atoms with van der Waals surface area (Å²) in [4.78, 5) is 3.12. The summed E-state index contributed by atoms with van der Waals surface area (Å²) < 4.78 is 24.5. The van der Waals surface area contributed by atoms with Crippen LogP contribution in [0.3, 0.4) is 0 Å². The maximum atomic E-state index is 12.2. The number of hydrogen-bond donors (Lipinski definition) is 1. The van der Waals surface area contributed by atoms with Crippen molar-refractivity contribution in [1.29, 1.82) is 0 Å². The van der Waals surface area contributed by atoms with E-state index in [0.717, 1.165) is 18.5 Å². The first-order valence-electron chi connectivity index (χ1n) is 7.95. The minimum atomic E-state index is -3.10. The Morgan fingerprint density at radius 1 is 1.14 bits per heavy atom. The Morgan fingerprint density at radius 3 is 2.90 bits per heavy atom. The van der Waals surface area contributed by atoms with Gasteiger partial charge in [-0.25, -0.2) is 8.42 Å². The SMILES string of the molecule is O=S1(=O)CC(NC2CCN3CCCC3C2)c2ccccc21. The highest BCUT2D eigenvalue weighted by Gasteiger charge is 2.37. The number of piperidine rings is 1. The Bertz CT molecular complexity index is 643. The Hall–Kier alpha value is -0.910. The van der Waals surface area contributed by atoms with E-state index in [1.807, 2.05) is 18.2 Å². The lowest BCUT2D eigenvalue weighted by Crippen LogP contribution is -2.46. The highest BCUT2D eigenvalue weighted by molar-refractivity contribution is 7.91. The minimum Gasteiger partial charge on any atom is -0.306 e. The molecule has 4 nitrogen and oxygen atoms in total. The molecule has 2 fully saturated rings. The summed E-state index contributed by atoms with van der Waals surface area (Å²) in [6.07, 6.45) is 4.92. The van der Waals surface area contributed by atoms with Gasteiger partial charge in [0.2, 0.25) is 0 Å². The van der Waals surface area contributed by atoms with E-state index in [2.05, 4.69) is 10.2 Å². The molecule has 3 atom stereocenters. The topological polar surface area (TPSA) is 49.4 Å². The van der Waals surface area contributed by atoms with Crippen molar-refractivity contribution in [1.82, 2.24) is 10.2 Å². The molecule has 0 aliphatic carbocycles. The Balaban J connectivity index is 1.51. The maximum Gasteiger partial charge on any atom is 0.180 e. The lowest BCUT2D eigenvalue weighted by atomic mass is 9.96. The van der Waals surface area contributed by atoms with Crippen molar-refractivity contribution in [2.75, 3.05) is 18.8 Å². The van der Waals surface area contributed by atoms with E-state index in [9.17, 15) is 8.42 Å². The predicted octanol–water partition coefficient (Wildman–Crippen LogP) is 1.73. The van der Waals surface area contributed by atoms with Crippen molar-refractivity contribution in [3.63, 3.8) is 0 Å². The van der Waals surface area contributed by atoms with Crippen molar-refractivity contribution in [2.45, 2.75) is 48.7 Å². The van der Waals surface area contributed by atoms with E-state index in [4.69, 9.17) is 0 Å². The van der Waals surface area contributed by atoms with Crippen LogP contribution in [0.4, 0.5) is 0 Å². The molecule has 0 amide bonds. The number of sulfone groups is 1. The molecule has 3 unspecified atom stereocenters. The minimum absolute atomic E-state index is 0.0239. The molecule has 4 rings (SSSR count). The fraction of sp³-hybridized carbons (Fsp3) is 0.625. The molecular weight excluding hydrogens is 284 g/mol. The van der Waals surface area contributed by atoms with Gasteiger partial charge < -0.3 is 10.2 Å². The number of nitrogens with zero attached hydrogens (tertiary/aromatic N) is 1. The van der Waals surface area contributed by atoms with Crippen LogP contribution in [0.5, 0.6) is 0 Å². The van der Waals surface area contributed by atoms with Crippen molar-refractivity contribution in [2.24, 2.45) is 0 Å². The predicted molar refractivity (Wildman–Crippen MR) is 82.0 cm³/mol. The first-order chi connectivity index (χ1) is 10.1. The van der Waals surface area contributed by atoms with E-state index in [0.29, 0.717) is 17.0 Å². The molecule has 0 aromatic heterocycles. The van der Waals surface area contributed by atoms with Gasteiger partial charge in [0.25, 0.3) is 0 Å². The van der Waals surface area contributed by atoms with Crippen LogP contribution in [0.2, 0.25) is 0 Å². The molecule has 0 spiro atoms. The second-order valence-electron chi connectivity index (χ2n) is 6.59. The van der Waals surface area contributed by atoms with Gasteiger partial charge >= 0.3 is 0 Å². The monoisotopic (exact) mass is 306 g/mol. The molecule has 3 aliphatic rings. The summed E-state index contributed by atoms with van der Waals surface area (Å²) in [7, 11) is -3.10. The summed E-state index contributed by atoms with van der Waals surface area (Å²) in [6, 6.07) is 8.60. The molecule has 114 valence electrons. The molecule has 21 heavy (non-hydrogen) atoms. The Labute approximate surface area is 126 Å². The molecule has 0 bridgehead atoms. The third kappa shape index (κ3) is 2.41. The molecule has 1 aromatic rings. The van der Waals surface area contributed by atoms with E-state index in [1.165, 1.54) is 25.8 Å². The standard InChI is InChI=1S/C16H22N2O2S/c19-21(20)11-15(14-5-1-2-6-16(14)21)17-12-7-9-18-8-3-4-13(18)10-12/h1-2,5-6,12-13,15,17H,3-4,7-11H2. The summed E-state index contributed by atoms with van der Waals surface area (Å²) in [5, 5.41) is 3.64. The summed E-state index contributed by atoms with van der Waals surface area (Å²) in [5.74, 6) is 0.219. The third-order valence-corrected chi connectivity index (χ3v) is 7.09. The second kappa shape index (κ2) is 5.07. The molecule has 1 N–H and O–H groups in total. The number of hydrogen-bond acceptors (Lipinski definition) is 4. The van der Waals surface area contributed by atoms with E-state index >= 15 is 0 Å². The average molecular weight is 306 g/mol. The maximum absolute atomic E-state index is 12.2. The summed E-state index contributed by atoms with van der Waals surface area (Å²) in [5.41, 5.74) is 0.964. The molecule has 3 aliphatic heterocycles. The largest absolute Gasteiger partial charge is 0.306 e. The first-order valence-corrected chi connectivity index (χ1v) is 9.60. The van der Waals surface area contributed by atoms with Crippen LogP contribution in [0.1, 0.15) is 37.3 Å². The lowest BCUT2D eigenvalue weighted by molar-refractivity contribution is 0.162. The normalized spacial score (nSPS) is 34.6. The van der Waals surface area contributed by atoms with Gasteiger partial charge in [-0.2, -0.15) is 0 Å². The van der Waals surface area contributed by atoms with Gasteiger partial charge in [-0.15, -0.1) is 0 Å². The molecule has 0 radical (unpaired) electrons. The van der Waals surface area contributed by atoms with E-state index in [-0.39, 0.29) is 11.8 Å². The number of benzene rings is 1. The van der Waals surface area contributed by atoms with Crippen LogP contribution in [0.25, 0.3) is 0 Å². The van der Waals surface area contributed by atoms with Crippen LogP contribution >= 0.6 is 0 Å². The molecular formula is C16H22N2O2S. The fourth-order valence-electron chi connectivity index (χ4n) is 4.25. The lowest BCUT2D eigenvalue weighted by Gasteiger charge is -2.36. The summed E-state index contributed by atoms with van der Waals surface area (Å²) >= 11 is 0. The van der Waals surface area contributed by atoms with Gasteiger partial charge in [-0.05, 0) is 50.4 Å². The van der Waals surface area contributed by atoms with Gasteiger partial charge in [0, 0.05) is 18.1 Å². The molecule has 2 saturated heterocycles. The smallest absolute Gasteiger partial charge is 0.180 e. The summed E-state index contributed by atoms with van der Waals surface area (Å²) in [6.45, 7) is 2.40. The third-order valence-electron chi connectivity index (χ3n) is 5.27. The van der Waals surface area contributed by atoms with Gasteiger partial charge in [-0.3, -0.25) is 0 Å². The zero-order valence-corrected chi connectivity index (χ0v) is 13.0.